The predicted molar refractivity (Wildman–Crippen MR) is 106 cm³/mol. The van der Waals surface area contributed by atoms with E-state index in [0.717, 1.165) is 24.8 Å². The molecule has 0 bridgehead atoms. The Morgan fingerprint density at radius 2 is 1.39 bits per heavy atom. The number of aliphatic imine (C=N–C) groups is 1. The highest BCUT2D eigenvalue weighted by molar-refractivity contribution is 5.56. The Bertz CT molecular complexity index is 261. The second-order valence-corrected chi connectivity index (χ2v) is 7.84. The second-order valence-electron chi connectivity index (χ2n) is 7.84. The molecule has 0 spiro atoms. The van der Waals surface area contributed by atoms with E-state index < -0.39 is 0 Å². The Morgan fingerprint density at radius 1 is 0.826 bits per heavy atom. The van der Waals surface area contributed by atoms with Crippen molar-refractivity contribution < 1.29 is 0 Å². The molecule has 136 valence electrons. The maximum absolute atomic E-state index is 4.40. The lowest BCUT2D eigenvalue weighted by Crippen LogP contribution is -2.13. The molecule has 0 radical (unpaired) electrons. The molecule has 1 nitrogen and oxygen atoms in total. The summed E-state index contributed by atoms with van der Waals surface area (Å²) in [6, 6.07) is 0. The van der Waals surface area contributed by atoms with Crippen LogP contribution in [-0.2, 0) is 0 Å². The van der Waals surface area contributed by atoms with Crippen LogP contribution in [0.1, 0.15) is 117 Å². The summed E-state index contributed by atoms with van der Waals surface area (Å²) >= 11 is 0. The van der Waals surface area contributed by atoms with Gasteiger partial charge in [-0.25, -0.2) is 0 Å². The Hall–Kier alpha value is -0.330. The van der Waals surface area contributed by atoms with Crippen molar-refractivity contribution in [1.82, 2.24) is 0 Å². The van der Waals surface area contributed by atoms with Gasteiger partial charge in [0.25, 0.3) is 0 Å². The fourth-order valence-electron chi connectivity index (χ4n) is 4.07. The molecule has 0 saturated heterocycles. The van der Waals surface area contributed by atoms with E-state index in [4.69, 9.17) is 0 Å². The quantitative estimate of drug-likeness (QED) is 0.290. The first-order valence-electron chi connectivity index (χ1n) is 10.8. The summed E-state index contributed by atoms with van der Waals surface area (Å²) in [6.45, 7) is 5.74. The molecule has 0 aromatic heterocycles. The molecule has 0 aromatic rings. The number of hydrogen-bond acceptors (Lipinski definition) is 1. The highest BCUT2D eigenvalue weighted by Gasteiger charge is 2.17. The van der Waals surface area contributed by atoms with Crippen molar-refractivity contribution in [1.29, 1.82) is 0 Å². The fraction of sp³-hybridized carbons (Fsp3) is 0.955. The van der Waals surface area contributed by atoms with Crippen molar-refractivity contribution in [2.75, 3.05) is 6.54 Å². The number of hydrogen-bond donors (Lipinski definition) is 0. The van der Waals surface area contributed by atoms with Crippen LogP contribution in [0, 0.1) is 11.8 Å². The Kier molecular flexibility index (Phi) is 13.7. The van der Waals surface area contributed by atoms with Crippen LogP contribution in [0.4, 0.5) is 0 Å². The zero-order valence-corrected chi connectivity index (χ0v) is 16.2. The highest BCUT2D eigenvalue weighted by atomic mass is 14.7. The van der Waals surface area contributed by atoms with Crippen LogP contribution in [0.25, 0.3) is 0 Å². The maximum Gasteiger partial charge on any atom is 0.0385 e. The third-order valence-electron chi connectivity index (χ3n) is 5.71. The van der Waals surface area contributed by atoms with E-state index >= 15 is 0 Å². The molecule has 0 amide bonds. The fourth-order valence-corrected chi connectivity index (χ4v) is 4.07. The third-order valence-corrected chi connectivity index (χ3v) is 5.71. The summed E-state index contributed by atoms with van der Waals surface area (Å²) < 4.78 is 0. The van der Waals surface area contributed by atoms with E-state index in [2.05, 4.69) is 25.1 Å². The van der Waals surface area contributed by atoms with Crippen molar-refractivity contribution in [3.05, 3.63) is 0 Å². The zero-order chi connectivity index (χ0) is 16.6. The van der Waals surface area contributed by atoms with Gasteiger partial charge in [0, 0.05) is 6.54 Å². The Balaban J connectivity index is 2.04. The molecular formula is C22H43N. The van der Waals surface area contributed by atoms with Crippen molar-refractivity contribution in [3.63, 3.8) is 0 Å². The lowest BCUT2D eigenvalue weighted by Gasteiger charge is -2.25. The molecular weight excluding hydrogens is 278 g/mol. The largest absolute Gasteiger partial charge is 0.298 e. The molecule has 0 heterocycles. The normalized spacial score (nSPS) is 19.9. The van der Waals surface area contributed by atoms with Gasteiger partial charge in [-0.05, 0) is 30.9 Å². The minimum Gasteiger partial charge on any atom is -0.298 e. The first-order chi connectivity index (χ1) is 11.3. The lowest BCUT2D eigenvalue weighted by molar-refractivity contribution is 0.270. The van der Waals surface area contributed by atoms with Gasteiger partial charge in [0.15, 0.2) is 0 Å². The first-order valence-corrected chi connectivity index (χ1v) is 10.8. The van der Waals surface area contributed by atoms with Crippen LogP contribution < -0.4 is 0 Å². The van der Waals surface area contributed by atoms with Gasteiger partial charge >= 0.3 is 0 Å². The molecule has 0 aliphatic heterocycles. The van der Waals surface area contributed by atoms with E-state index in [0.29, 0.717) is 0 Å². The molecule has 23 heavy (non-hydrogen) atoms. The van der Waals surface area contributed by atoms with Crippen LogP contribution in [0.5, 0.6) is 0 Å². The molecule has 1 aliphatic carbocycles. The van der Waals surface area contributed by atoms with Gasteiger partial charge in [0.1, 0.15) is 0 Å². The monoisotopic (exact) mass is 321 g/mol. The Labute approximate surface area is 146 Å². The van der Waals surface area contributed by atoms with Gasteiger partial charge in [0.2, 0.25) is 0 Å². The summed E-state index contributed by atoms with van der Waals surface area (Å²) in [5, 5.41) is 0. The van der Waals surface area contributed by atoms with Gasteiger partial charge in [0.05, 0.1) is 0 Å². The van der Waals surface area contributed by atoms with Crippen LogP contribution in [-0.4, -0.2) is 12.8 Å². The zero-order valence-electron chi connectivity index (χ0n) is 16.2. The van der Waals surface area contributed by atoms with Crippen molar-refractivity contribution >= 4 is 6.21 Å². The van der Waals surface area contributed by atoms with Gasteiger partial charge in [-0.3, -0.25) is 4.99 Å². The lowest BCUT2D eigenvalue weighted by atomic mass is 9.81. The average molecular weight is 322 g/mol. The molecule has 1 fully saturated rings. The second kappa shape index (κ2) is 15.2. The minimum atomic E-state index is 0.962. The molecule has 0 aromatic carbocycles. The van der Waals surface area contributed by atoms with E-state index in [1.54, 1.807) is 0 Å². The summed E-state index contributed by atoms with van der Waals surface area (Å²) in [4.78, 5) is 4.40. The molecule has 1 unspecified atom stereocenters. The van der Waals surface area contributed by atoms with Crippen LogP contribution in [0.3, 0.4) is 0 Å². The van der Waals surface area contributed by atoms with Gasteiger partial charge < -0.3 is 0 Å². The first kappa shape index (κ1) is 20.7. The predicted octanol–water partition coefficient (Wildman–Crippen LogP) is 7.58. The standard InChI is InChI=1S/C22H43N/c1-3-19-23-20-15-11-7-8-12-16-21(2)22-17-13-9-5-4-6-10-14-18-22/h19,21-22H,3-18,20H2,1-2H3. The maximum atomic E-state index is 4.40. The molecule has 1 aliphatic rings. The van der Waals surface area contributed by atoms with Crippen molar-refractivity contribution in [3.8, 4) is 0 Å². The topological polar surface area (TPSA) is 12.4 Å². The van der Waals surface area contributed by atoms with Gasteiger partial charge in [-0.1, -0.05) is 104 Å². The van der Waals surface area contributed by atoms with Gasteiger partial charge in [-0.15, -0.1) is 0 Å². The third kappa shape index (κ3) is 11.8. The highest BCUT2D eigenvalue weighted by Crippen LogP contribution is 2.30. The van der Waals surface area contributed by atoms with E-state index in [1.165, 1.54) is 96.3 Å². The molecule has 1 rings (SSSR count). The number of nitrogens with zero attached hydrogens (tertiary/aromatic N) is 1. The molecule has 0 N–H and O–H groups in total. The van der Waals surface area contributed by atoms with E-state index in [-0.39, 0.29) is 0 Å². The summed E-state index contributed by atoms with van der Waals surface area (Å²) in [6.07, 6.45) is 25.0. The van der Waals surface area contributed by atoms with E-state index in [1.807, 2.05) is 0 Å². The minimum absolute atomic E-state index is 0.962. The number of rotatable bonds is 10. The molecule has 1 saturated carbocycles. The molecule has 1 heteroatoms. The van der Waals surface area contributed by atoms with Gasteiger partial charge in [-0.2, -0.15) is 0 Å². The smallest absolute Gasteiger partial charge is 0.0385 e. The summed E-state index contributed by atoms with van der Waals surface area (Å²) in [5.41, 5.74) is 0. The van der Waals surface area contributed by atoms with Crippen molar-refractivity contribution in [2.24, 2.45) is 16.8 Å². The SMILES string of the molecule is CCC=NCCCCCCCC(C)C1CCCCCCCCC1. The van der Waals surface area contributed by atoms with E-state index in [9.17, 15) is 0 Å². The molecule has 1 atom stereocenters. The number of unbranched alkanes of at least 4 members (excludes halogenated alkanes) is 4. The summed E-state index contributed by atoms with van der Waals surface area (Å²) in [7, 11) is 0. The summed E-state index contributed by atoms with van der Waals surface area (Å²) in [5.74, 6) is 1.99. The van der Waals surface area contributed by atoms with Crippen LogP contribution in [0.2, 0.25) is 0 Å². The van der Waals surface area contributed by atoms with Crippen molar-refractivity contribution in [2.45, 2.75) is 117 Å². The Morgan fingerprint density at radius 3 is 2.04 bits per heavy atom. The van der Waals surface area contributed by atoms with Crippen LogP contribution >= 0.6 is 0 Å². The van der Waals surface area contributed by atoms with Crippen LogP contribution in [0.15, 0.2) is 4.99 Å². The average Bonchev–Trinajstić information content (AvgIpc) is 2.58.